The Bertz CT molecular complexity index is 1710. The molecule has 0 bridgehead atoms. The molecule has 0 radical (unpaired) electrons. The van der Waals surface area contributed by atoms with E-state index in [-0.39, 0.29) is 24.5 Å². The summed E-state index contributed by atoms with van der Waals surface area (Å²) in [5.41, 5.74) is 1.41. The van der Waals surface area contributed by atoms with E-state index in [1.54, 1.807) is 54.6 Å². The molecule has 0 atom stereocenters. The van der Waals surface area contributed by atoms with Gasteiger partial charge in [0, 0.05) is 28.2 Å². The molecule has 1 aromatic heterocycles. The van der Waals surface area contributed by atoms with Crippen LogP contribution in [0.3, 0.4) is 0 Å². The highest BCUT2D eigenvalue weighted by atomic mass is 35.5. The first-order valence-corrected chi connectivity index (χ1v) is 12.9. The number of hydrogen-bond donors (Lipinski definition) is 0. The Labute approximate surface area is 216 Å². The van der Waals surface area contributed by atoms with Gasteiger partial charge in [0.25, 0.3) is 15.6 Å². The molecule has 3 aromatic carbocycles. The van der Waals surface area contributed by atoms with Gasteiger partial charge < -0.3 is 0 Å². The van der Waals surface area contributed by atoms with Crippen molar-refractivity contribution in [2.75, 3.05) is 10.8 Å². The molecule has 0 spiro atoms. The van der Waals surface area contributed by atoms with Gasteiger partial charge in [-0.3, -0.25) is 9.36 Å². The summed E-state index contributed by atoms with van der Waals surface area (Å²) in [6.07, 6.45) is 0. The van der Waals surface area contributed by atoms with Crippen molar-refractivity contribution < 1.29 is 12.8 Å². The summed E-state index contributed by atoms with van der Waals surface area (Å²) >= 11 is 12.2. The third kappa shape index (κ3) is 3.95. The van der Waals surface area contributed by atoms with Gasteiger partial charge in [0.1, 0.15) is 16.8 Å². The fourth-order valence-electron chi connectivity index (χ4n) is 4.31. The second-order valence-electron chi connectivity index (χ2n) is 8.07. The zero-order valence-electron chi connectivity index (χ0n) is 18.5. The van der Waals surface area contributed by atoms with Crippen LogP contribution in [0.1, 0.15) is 5.56 Å². The number of nitrogens with zero attached hydrogens (tertiary/aromatic N) is 3. The number of sulfonamides is 1. The first kappa shape index (κ1) is 24.1. The Morgan fingerprint density at radius 2 is 1.50 bits per heavy atom. The number of anilines is 1. The first-order chi connectivity index (χ1) is 17.2. The fourth-order valence-corrected chi connectivity index (χ4v) is 6.13. The Morgan fingerprint density at radius 1 is 0.889 bits per heavy atom. The lowest BCUT2D eigenvalue weighted by Gasteiger charge is -2.24. The Kier molecular flexibility index (Phi) is 6.08. The molecule has 0 aliphatic carbocycles. The van der Waals surface area contributed by atoms with E-state index in [4.69, 9.17) is 23.2 Å². The highest BCUT2D eigenvalue weighted by molar-refractivity contribution is 7.92. The normalized spacial score (nSPS) is 12.9. The highest BCUT2D eigenvalue weighted by Crippen LogP contribution is 2.43. The van der Waals surface area contributed by atoms with Gasteiger partial charge in [0.15, 0.2) is 5.82 Å². The number of benzene rings is 3. The predicted octanol–water partition coefficient (Wildman–Crippen LogP) is 5.71. The van der Waals surface area contributed by atoms with Gasteiger partial charge in [-0.15, -0.1) is 0 Å². The molecule has 5 rings (SSSR count). The first-order valence-electron chi connectivity index (χ1n) is 10.7. The SMILES string of the molecule is N#Cc1cccc(S(=O)(=O)N2CCn3c2c(-c2ccc(Cl)cc2)c(-c2ccc(Cl)cc2)cc3=O)c1F. The summed E-state index contributed by atoms with van der Waals surface area (Å²) in [7, 11) is -4.48. The third-order valence-corrected chi connectivity index (χ3v) is 8.30. The summed E-state index contributed by atoms with van der Waals surface area (Å²) < 4.78 is 44.9. The van der Waals surface area contributed by atoms with Crippen LogP contribution in [0.2, 0.25) is 10.0 Å². The van der Waals surface area contributed by atoms with E-state index in [1.807, 2.05) is 0 Å². The predicted molar refractivity (Wildman–Crippen MR) is 137 cm³/mol. The number of halogens is 3. The Balaban J connectivity index is 1.82. The van der Waals surface area contributed by atoms with Crippen LogP contribution in [0.25, 0.3) is 22.3 Å². The Hall–Kier alpha value is -3.64. The minimum atomic E-state index is -4.48. The van der Waals surface area contributed by atoms with Gasteiger partial charge in [-0.25, -0.2) is 17.1 Å². The maximum atomic E-state index is 15.0. The largest absolute Gasteiger partial charge is 0.292 e. The van der Waals surface area contributed by atoms with Crippen molar-refractivity contribution in [3.05, 3.63) is 105 Å². The van der Waals surface area contributed by atoms with Crippen molar-refractivity contribution in [2.24, 2.45) is 0 Å². The van der Waals surface area contributed by atoms with Gasteiger partial charge in [0.05, 0.1) is 12.1 Å². The second-order valence-corrected chi connectivity index (χ2v) is 10.8. The fraction of sp³-hybridized carbons (Fsp3) is 0.0769. The average Bonchev–Trinajstić information content (AvgIpc) is 3.32. The number of pyridine rings is 1. The molecule has 0 saturated carbocycles. The van der Waals surface area contributed by atoms with E-state index in [0.29, 0.717) is 32.3 Å². The maximum absolute atomic E-state index is 15.0. The van der Waals surface area contributed by atoms with Gasteiger partial charge in [-0.05, 0) is 53.1 Å². The molecule has 0 N–H and O–H groups in total. The van der Waals surface area contributed by atoms with Crippen molar-refractivity contribution in [3.63, 3.8) is 0 Å². The van der Waals surface area contributed by atoms with Gasteiger partial charge in [-0.1, -0.05) is 53.5 Å². The molecule has 0 saturated heterocycles. The number of nitriles is 1. The zero-order chi connectivity index (χ0) is 25.6. The monoisotopic (exact) mass is 539 g/mol. The summed E-state index contributed by atoms with van der Waals surface area (Å²) in [6, 6.07) is 20.3. The van der Waals surface area contributed by atoms with E-state index in [0.717, 1.165) is 10.4 Å². The van der Waals surface area contributed by atoms with Crippen LogP contribution in [-0.2, 0) is 16.6 Å². The number of hydrogen-bond acceptors (Lipinski definition) is 4. The van der Waals surface area contributed by atoms with Gasteiger partial charge in [-0.2, -0.15) is 5.26 Å². The topological polar surface area (TPSA) is 83.2 Å². The standard InChI is InChI=1S/C26H16Cl2FN3O3S/c27-19-8-4-16(5-9-19)21-14-23(33)31-12-13-32(26(31)24(21)17-6-10-20(28)11-7-17)36(34,35)22-3-1-2-18(15-30)25(22)29/h1-11,14H,12-13H2. The molecule has 0 amide bonds. The van der Waals surface area contributed by atoms with E-state index in [9.17, 15) is 18.5 Å². The third-order valence-electron chi connectivity index (χ3n) is 5.99. The van der Waals surface area contributed by atoms with Gasteiger partial charge >= 0.3 is 0 Å². The van der Waals surface area contributed by atoms with Crippen LogP contribution in [0.15, 0.2) is 82.5 Å². The molecular formula is C26H16Cl2FN3O3S. The quantitative estimate of drug-likeness (QED) is 0.332. The van der Waals surface area contributed by atoms with Crippen LogP contribution < -0.4 is 9.86 Å². The molecule has 2 heterocycles. The van der Waals surface area contributed by atoms with Crippen LogP contribution in [0.4, 0.5) is 10.2 Å². The van der Waals surface area contributed by atoms with Crippen LogP contribution in [0.5, 0.6) is 0 Å². The summed E-state index contributed by atoms with van der Waals surface area (Å²) in [5, 5.41) is 10.2. The molecule has 0 unspecified atom stereocenters. The summed E-state index contributed by atoms with van der Waals surface area (Å²) in [5.74, 6) is -1.03. The second kappa shape index (κ2) is 9.10. The van der Waals surface area contributed by atoms with Crippen molar-refractivity contribution in [1.82, 2.24) is 4.57 Å². The molecule has 4 aromatic rings. The summed E-state index contributed by atoms with van der Waals surface area (Å²) in [6.45, 7) is -0.00704. The van der Waals surface area contributed by atoms with Crippen molar-refractivity contribution in [1.29, 1.82) is 5.26 Å². The minimum absolute atomic E-state index is 0.0778. The highest BCUT2D eigenvalue weighted by Gasteiger charge is 2.37. The van der Waals surface area contributed by atoms with Crippen molar-refractivity contribution in [3.8, 4) is 28.3 Å². The lowest BCUT2D eigenvalue weighted by Crippen LogP contribution is -2.31. The number of rotatable bonds is 4. The maximum Gasteiger partial charge on any atom is 0.268 e. The molecule has 0 fully saturated rings. The van der Waals surface area contributed by atoms with Crippen molar-refractivity contribution >= 4 is 39.0 Å². The number of fused-ring (bicyclic) bond motifs is 1. The van der Waals surface area contributed by atoms with Crippen LogP contribution in [-0.4, -0.2) is 19.5 Å². The Morgan fingerprint density at radius 3 is 2.11 bits per heavy atom. The molecule has 1 aliphatic rings. The average molecular weight is 540 g/mol. The molecule has 36 heavy (non-hydrogen) atoms. The smallest absolute Gasteiger partial charge is 0.268 e. The van der Waals surface area contributed by atoms with E-state index < -0.39 is 26.3 Å². The van der Waals surface area contributed by atoms with Crippen LogP contribution >= 0.6 is 23.2 Å². The molecule has 6 nitrogen and oxygen atoms in total. The zero-order valence-corrected chi connectivity index (χ0v) is 20.8. The van der Waals surface area contributed by atoms with E-state index in [2.05, 4.69) is 0 Å². The molecule has 10 heteroatoms. The van der Waals surface area contributed by atoms with Crippen molar-refractivity contribution in [2.45, 2.75) is 11.4 Å². The van der Waals surface area contributed by atoms with Gasteiger partial charge in [0.2, 0.25) is 0 Å². The molecular weight excluding hydrogens is 524 g/mol. The van der Waals surface area contributed by atoms with E-state index >= 15 is 4.39 Å². The lowest BCUT2D eigenvalue weighted by atomic mass is 9.95. The van der Waals surface area contributed by atoms with E-state index in [1.165, 1.54) is 22.8 Å². The minimum Gasteiger partial charge on any atom is -0.292 e. The lowest BCUT2D eigenvalue weighted by molar-refractivity contribution is 0.562. The van der Waals surface area contributed by atoms with Crippen LogP contribution in [0, 0.1) is 17.1 Å². The summed E-state index contributed by atoms with van der Waals surface area (Å²) in [4.78, 5) is 12.5. The molecule has 180 valence electrons. The molecule has 1 aliphatic heterocycles. The number of aromatic nitrogens is 1.